The number of nitrogens with zero attached hydrogens (tertiary/aromatic N) is 6. The minimum Gasteiger partial charge on any atom is -0.379 e. The molecule has 0 aliphatic carbocycles. The van der Waals surface area contributed by atoms with Crippen molar-refractivity contribution in [3.05, 3.63) is 57.6 Å². The van der Waals surface area contributed by atoms with Crippen molar-refractivity contribution >= 4 is 28.3 Å². The highest BCUT2D eigenvalue weighted by Crippen LogP contribution is 2.29. The van der Waals surface area contributed by atoms with E-state index in [-0.39, 0.29) is 5.56 Å². The topological polar surface area (TPSA) is 77.5 Å². The van der Waals surface area contributed by atoms with E-state index in [1.54, 1.807) is 9.08 Å². The fourth-order valence-electron chi connectivity index (χ4n) is 4.04. The number of morpholine rings is 1. The average molecular weight is 439 g/mol. The molecule has 31 heavy (non-hydrogen) atoms. The van der Waals surface area contributed by atoms with Crippen LogP contribution in [0.2, 0.25) is 5.02 Å². The number of hydrogen-bond donors (Lipinski definition) is 0. The fraction of sp³-hybridized carbons (Fsp3) is 0.364. The van der Waals surface area contributed by atoms with E-state index < -0.39 is 0 Å². The molecule has 0 radical (unpaired) electrons. The molecule has 0 amide bonds. The Morgan fingerprint density at radius 1 is 1.06 bits per heavy atom. The molecule has 1 aliphatic rings. The van der Waals surface area contributed by atoms with E-state index in [4.69, 9.17) is 21.4 Å². The van der Waals surface area contributed by atoms with Gasteiger partial charge in [0, 0.05) is 37.4 Å². The molecule has 9 heteroatoms. The lowest BCUT2D eigenvalue weighted by molar-refractivity contribution is 0.0363. The van der Waals surface area contributed by atoms with E-state index in [9.17, 15) is 4.79 Å². The van der Waals surface area contributed by atoms with E-state index in [1.807, 2.05) is 36.5 Å². The van der Waals surface area contributed by atoms with Crippen LogP contribution in [0.4, 0.5) is 0 Å². The second-order valence-electron chi connectivity index (χ2n) is 7.62. The van der Waals surface area contributed by atoms with Gasteiger partial charge in [-0.15, -0.1) is 10.2 Å². The van der Waals surface area contributed by atoms with Gasteiger partial charge in [0.2, 0.25) is 0 Å². The summed E-state index contributed by atoms with van der Waals surface area (Å²) in [6, 6.07) is 9.50. The van der Waals surface area contributed by atoms with E-state index in [1.165, 1.54) is 0 Å². The van der Waals surface area contributed by atoms with Gasteiger partial charge in [-0.2, -0.15) is 5.10 Å². The third-order valence-corrected chi connectivity index (χ3v) is 6.01. The van der Waals surface area contributed by atoms with Crippen molar-refractivity contribution in [3.8, 4) is 11.1 Å². The van der Waals surface area contributed by atoms with E-state index in [0.29, 0.717) is 28.2 Å². The zero-order valence-corrected chi connectivity index (χ0v) is 18.0. The molecule has 1 aromatic carbocycles. The van der Waals surface area contributed by atoms with Crippen molar-refractivity contribution < 1.29 is 4.74 Å². The molecule has 1 aliphatic heterocycles. The van der Waals surface area contributed by atoms with Crippen molar-refractivity contribution in [1.82, 2.24) is 29.3 Å². The van der Waals surface area contributed by atoms with Gasteiger partial charge in [0.25, 0.3) is 5.56 Å². The predicted molar refractivity (Wildman–Crippen MR) is 120 cm³/mol. The number of ether oxygens (including phenoxy) is 1. The summed E-state index contributed by atoms with van der Waals surface area (Å²) in [5.41, 5.74) is 4.27. The number of pyridine rings is 1. The van der Waals surface area contributed by atoms with Crippen LogP contribution in [0.25, 0.3) is 27.8 Å². The molecule has 0 bridgehead atoms. The zero-order valence-electron chi connectivity index (χ0n) is 17.3. The van der Waals surface area contributed by atoms with Crippen LogP contribution in [0.5, 0.6) is 0 Å². The molecule has 160 valence electrons. The second kappa shape index (κ2) is 8.37. The Bertz CT molecular complexity index is 1290. The molecular weight excluding hydrogens is 416 g/mol. The highest BCUT2D eigenvalue weighted by molar-refractivity contribution is 6.30. The molecule has 5 rings (SSSR count). The smallest absolute Gasteiger partial charge is 0.280 e. The number of hydrogen-bond acceptors (Lipinski definition) is 6. The quantitative estimate of drug-likeness (QED) is 0.476. The highest BCUT2D eigenvalue weighted by Gasteiger charge is 2.19. The van der Waals surface area contributed by atoms with Crippen molar-refractivity contribution in [2.24, 2.45) is 0 Å². The van der Waals surface area contributed by atoms with Crippen LogP contribution in [0, 0.1) is 0 Å². The normalized spacial score (nSPS) is 15.2. The maximum atomic E-state index is 13.1. The first kappa shape index (κ1) is 20.1. The zero-order chi connectivity index (χ0) is 21.4. The fourth-order valence-corrected chi connectivity index (χ4v) is 4.16. The van der Waals surface area contributed by atoms with Crippen LogP contribution < -0.4 is 5.56 Å². The monoisotopic (exact) mass is 438 g/mol. The molecule has 1 saturated heterocycles. The molecule has 0 spiro atoms. The number of halogens is 1. The second-order valence-corrected chi connectivity index (χ2v) is 8.06. The number of fused-ring (bicyclic) bond motifs is 3. The Labute approximate surface area is 184 Å². The number of benzene rings is 1. The summed E-state index contributed by atoms with van der Waals surface area (Å²) >= 11 is 6.06. The first-order valence-electron chi connectivity index (χ1n) is 10.5. The summed E-state index contributed by atoms with van der Waals surface area (Å²) in [6.07, 6.45) is 2.56. The largest absolute Gasteiger partial charge is 0.379 e. The van der Waals surface area contributed by atoms with Gasteiger partial charge in [0.15, 0.2) is 11.2 Å². The van der Waals surface area contributed by atoms with Gasteiger partial charge in [0.05, 0.1) is 24.5 Å². The molecule has 3 aromatic heterocycles. The van der Waals surface area contributed by atoms with Crippen LogP contribution in [0.1, 0.15) is 12.6 Å². The highest BCUT2D eigenvalue weighted by atomic mass is 35.5. The van der Waals surface area contributed by atoms with Gasteiger partial charge < -0.3 is 9.30 Å². The van der Waals surface area contributed by atoms with E-state index in [2.05, 4.69) is 22.0 Å². The third kappa shape index (κ3) is 3.71. The Hall–Kier alpha value is -2.81. The van der Waals surface area contributed by atoms with Crippen molar-refractivity contribution in [2.45, 2.75) is 19.9 Å². The van der Waals surface area contributed by atoms with Gasteiger partial charge in [-0.25, -0.2) is 4.52 Å². The first-order valence-corrected chi connectivity index (χ1v) is 10.9. The number of rotatable bonds is 5. The lowest BCUT2D eigenvalue weighted by atomic mass is 10.0. The Balaban J connectivity index is 1.56. The number of aryl methyl sites for hydroxylation is 1. The third-order valence-electron chi connectivity index (χ3n) is 5.75. The average Bonchev–Trinajstić information content (AvgIpc) is 3.19. The minimum atomic E-state index is -0.151. The maximum absolute atomic E-state index is 13.1. The molecule has 4 heterocycles. The van der Waals surface area contributed by atoms with Crippen LogP contribution in [-0.4, -0.2) is 62.1 Å². The maximum Gasteiger partial charge on any atom is 0.280 e. The van der Waals surface area contributed by atoms with Crippen LogP contribution in [0.15, 0.2) is 41.3 Å². The Morgan fingerprint density at radius 2 is 1.84 bits per heavy atom. The summed E-state index contributed by atoms with van der Waals surface area (Å²) in [7, 11) is 0. The van der Waals surface area contributed by atoms with Gasteiger partial charge >= 0.3 is 0 Å². The summed E-state index contributed by atoms with van der Waals surface area (Å²) in [4.78, 5) is 15.4. The molecule has 8 nitrogen and oxygen atoms in total. The van der Waals surface area contributed by atoms with Gasteiger partial charge in [-0.1, -0.05) is 30.7 Å². The van der Waals surface area contributed by atoms with Crippen molar-refractivity contribution in [1.29, 1.82) is 0 Å². The molecule has 0 saturated carbocycles. The van der Waals surface area contributed by atoms with E-state index in [0.717, 1.165) is 56.1 Å². The summed E-state index contributed by atoms with van der Waals surface area (Å²) in [5, 5.41) is 14.2. The van der Waals surface area contributed by atoms with Gasteiger partial charge in [-0.05, 0) is 30.2 Å². The molecule has 1 fully saturated rings. The van der Waals surface area contributed by atoms with Crippen LogP contribution in [0.3, 0.4) is 0 Å². The summed E-state index contributed by atoms with van der Waals surface area (Å²) in [6.45, 7) is 6.72. The lowest BCUT2D eigenvalue weighted by Crippen LogP contribution is -2.39. The van der Waals surface area contributed by atoms with Crippen LogP contribution in [-0.2, 0) is 17.7 Å². The molecular formula is C22H23ClN6O2. The Morgan fingerprint density at radius 3 is 2.58 bits per heavy atom. The molecule has 4 aromatic rings. The SMILES string of the molecule is CCc1nn2c(nnc3c(=O)n(CCN4CCOCC4)ccc32)c1-c1ccc(Cl)cc1. The minimum absolute atomic E-state index is 0.151. The van der Waals surface area contributed by atoms with Gasteiger partial charge in [-0.3, -0.25) is 9.69 Å². The number of aromatic nitrogens is 5. The predicted octanol–water partition coefficient (Wildman–Crippen LogP) is 2.65. The van der Waals surface area contributed by atoms with E-state index >= 15 is 0 Å². The molecule has 0 atom stereocenters. The Kier molecular flexibility index (Phi) is 5.43. The summed E-state index contributed by atoms with van der Waals surface area (Å²) in [5.74, 6) is 0. The lowest BCUT2D eigenvalue weighted by Gasteiger charge is -2.26. The standard InChI is InChI=1S/C22H23ClN6O2/c1-2-17-19(15-3-5-16(23)6-4-15)21-25-24-20-18(29(21)26-17)7-8-28(22(20)30)10-9-27-11-13-31-14-12-27/h3-8H,2,9-14H2,1H3. The van der Waals surface area contributed by atoms with Crippen LogP contribution >= 0.6 is 11.6 Å². The van der Waals surface area contributed by atoms with Crippen molar-refractivity contribution in [3.63, 3.8) is 0 Å². The first-order chi connectivity index (χ1) is 15.2. The molecule has 0 unspecified atom stereocenters. The van der Waals surface area contributed by atoms with Gasteiger partial charge in [0.1, 0.15) is 5.52 Å². The van der Waals surface area contributed by atoms with Crippen molar-refractivity contribution in [2.75, 3.05) is 32.8 Å². The molecule has 0 N–H and O–H groups in total. The summed E-state index contributed by atoms with van der Waals surface area (Å²) < 4.78 is 8.82.